The Morgan fingerprint density at radius 3 is 1.89 bits per heavy atom. The van der Waals surface area contributed by atoms with E-state index >= 15 is 0 Å². The first-order chi connectivity index (χ1) is 8.77. The Morgan fingerprint density at radius 2 is 1.42 bits per heavy atom. The molecule has 0 bridgehead atoms. The average Bonchev–Trinajstić information content (AvgIpc) is 2.34. The number of unbranched alkanes of at least 4 members (excludes halogenated alkanes) is 9. The second kappa shape index (κ2) is 18.1. The molecule has 0 heterocycles. The zero-order valence-electron chi connectivity index (χ0n) is 11.9. The summed E-state index contributed by atoms with van der Waals surface area (Å²) in [6.45, 7) is 3.03. The molecule has 19 heavy (non-hydrogen) atoms. The Morgan fingerprint density at radius 1 is 0.947 bits per heavy atom. The molecule has 3 nitrogen and oxygen atoms in total. The first-order valence-corrected chi connectivity index (χ1v) is 7.47. The molecule has 0 aromatic heterocycles. The predicted molar refractivity (Wildman–Crippen MR) is 84.6 cm³/mol. The minimum absolute atomic E-state index is 0. The van der Waals surface area contributed by atoms with E-state index < -0.39 is 5.97 Å². The number of aliphatic carboxylic acids is 1. The molecule has 0 aliphatic heterocycles. The van der Waals surface area contributed by atoms with Gasteiger partial charge in [0.05, 0.1) is 6.42 Å². The van der Waals surface area contributed by atoms with Crippen LogP contribution in [0.5, 0.6) is 0 Å². The van der Waals surface area contributed by atoms with Crippen LogP contribution in [-0.2, 0) is 4.79 Å². The summed E-state index contributed by atoms with van der Waals surface area (Å²) in [7, 11) is 0. The van der Waals surface area contributed by atoms with Gasteiger partial charge in [0.2, 0.25) is 0 Å². The summed E-state index contributed by atoms with van der Waals surface area (Å²) in [6.07, 6.45) is 14.8. The molecule has 108 valence electrons. The number of rotatable bonds is 13. The van der Waals surface area contributed by atoms with Crippen molar-refractivity contribution in [1.82, 2.24) is 0 Å². The Balaban J connectivity index is 0. The van der Waals surface area contributed by atoms with Crippen LogP contribution in [-0.4, -0.2) is 53.4 Å². The van der Waals surface area contributed by atoms with Gasteiger partial charge in [-0.05, 0) is 6.42 Å². The minimum atomic E-state index is -0.804. The number of carbonyl (C=O) groups is 1. The predicted octanol–water partition coefficient (Wildman–Crippen LogP) is 3.80. The van der Waals surface area contributed by atoms with Crippen molar-refractivity contribution < 1.29 is 9.90 Å². The molecule has 0 spiro atoms. The molecule has 0 aromatic carbocycles. The Bertz CT molecular complexity index is 220. The molecule has 0 rings (SSSR count). The van der Waals surface area contributed by atoms with E-state index in [9.17, 15) is 4.79 Å². The van der Waals surface area contributed by atoms with E-state index in [0.29, 0.717) is 0 Å². The van der Waals surface area contributed by atoms with Gasteiger partial charge < -0.3 is 5.11 Å². The fraction of sp³-hybridized carbons (Fsp3) is 0.867. The number of hydrogen-bond donors (Lipinski definition) is 1. The van der Waals surface area contributed by atoms with Gasteiger partial charge in [-0.25, -0.2) is 0 Å². The van der Waals surface area contributed by atoms with Crippen LogP contribution in [0.4, 0.5) is 0 Å². The molecule has 0 atom stereocenters. The van der Waals surface area contributed by atoms with Crippen LogP contribution in [0.15, 0.2) is 4.99 Å². The van der Waals surface area contributed by atoms with E-state index in [2.05, 4.69) is 11.9 Å². The number of carboxylic acids is 1. The van der Waals surface area contributed by atoms with Crippen LogP contribution in [0.2, 0.25) is 0 Å². The summed E-state index contributed by atoms with van der Waals surface area (Å²) < 4.78 is 0. The second-order valence-electron chi connectivity index (χ2n) is 4.87. The van der Waals surface area contributed by atoms with Crippen molar-refractivity contribution >= 4 is 41.7 Å². The number of carboxylic acid groups (broad SMARTS) is 1. The van der Waals surface area contributed by atoms with Crippen molar-refractivity contribution in [1.29, 1.82) is 0 Å². The van der Waals surface area contributed by atoms with Gasteiger partial charge in [-0.1, -0.05) is 64.7 Å². The van der Waals surface area contributed by atoms with Crippen molar-refractivity contribution in [2.75, 3.05) is 6.54 Å². The van der Waals surface area contributed by atoms with Crippen LogP contribution in [0.3, 0.4) is 0 Å². The molecule has 0 aliphatic rings. The van der Waals surface area contributed by atoms with Crippen molar-refractivity contribution in [2.24, 2.45) is 4.99 Å². The van der Waals surface area contributed by atoms with Crippen LogP contribution in [0.1, 0.15) is 77.6 Å². The van der Waals surface area contributed by atoms with Gasteiger partial charge in [-0.15, -0.1) is 0 Å². The Labute approximate surface area is 140 Å². The zero-order valence-corrected chi connectivity index (χ0v) is 11.9. The topological polar surface area (TPSA) is 49.7 Å². The van der Waals surface area contributed by atoms with Crippen molar-refractivity contribution in [2.45, 2.75) is 77.6 Å². The molecule has 1 N–H and O–H groups in total. The molecule has 4 heteroatoms. The Kier molecular flexibility index (Phi) is 20.5. The van der Waals surface area contributed by atoms with Gasteiger partial charge in [0.25, 0.3) is 0 Å². The third-order valence-corrected chi connectivity index (χ3v) is 3.04. The van der Waals surface area contributed by atoms with Crippen molar-refractivity contribution in [3.8, 4) is 0 Å². The molecular formula is C15H30NNaO2. The van der Waals surface area contributed by atoms with Crippen LogP contribution in [0, 0.1) is 0 Å². The quantitative estimate of drug-likeness (QED) is 0.317. The summed E-state index contributed by atoms with van der Waals surface area (Å²) >= 11 is 0. The first kappa shape index (κ1) is 21.4. The van der Waals surface area contributed by atoms with E-state index in [1.165, 1.54) is 64.0 Å². The van der Waals surface area contributed by atoms with Gasteiger partial charge in [0, 0.05) is 12.8 Å². The van der Waals surface area contributed by atoms with Crippen molar-refractivity contribution in [3.63, 3.8) is 0 Å². The molecule has 0 fully saturated rings. The number of hydrogen-bond acceptors (Lipinski definition) is 2. The second-order valence-corrected chi connectivity index (χ2v) is 4.87. The van der Waals surface area contributed by atoms with Gasteiger partial charge in [0.15, 0.2) is 0 Å². The maximum absolute atomic E-state index is 10.2. The molecule has 0 amide bonds. The normalized spacial score (nSPS) is 10.6. The SMILES string of the molecule is CCCCCCCCCCCCN=CCC(=O)O.[NaH]. The summed E-state index contributed by atoms with van der Waals surface area (Å²) in [6, 6.07) is 0. The summed E-state index contributed by atoms with van der Waals surface area (Å²) in [5.41, 5.74) is 0. The zero-order chi connectivity index (χ0) is 13.5. The van der Waals surface area contributed by atoms with Crippen molar-refractivity contribution in [3.05, 3.63) is 0 Å². The molecule has 0 saturated heterocycles. The summed E-state index contributed by atoms with van der Waals surface area (Å²) in [5, 5.41) is 8.40. The molecule has 0 unspecified atom stereocenters. The van der Waals surface area contributed by atoms with E-state index in [4.69, 9.17) is 5.11 Å². The van der Waals surface area contributed by atoms with Gasteiger partial charge in [-0.3, -0.25) is 9.79 Å². The maximum atomic E-state index is 10.2. The summed E-state index contributed by atoms with van der Waals surface area (Å²) in [5.74, 6) is -0.804. The van der Waals surface area contributed by atoms with Gasteiger partial charge >= 0.3 is 35.5 Å². The fourth-order valence-electron chi connectivity index (χ4n) is 1.92. The molecule has 0 aromatic rings. The van der Waals surface area contributed by atoms with Gasteiger partial charge in [0.1, 0.15) is 0 Å². The Hall–Kier alpha value is 0.140. The van der Waals surface area contributed by atoms with Gasteiger partial charge in [-0.2, -0.15) is 0 Å². The van der Waals surface area contributed by atoms with E-state index in [0.717, 1.165) is 13.0 Å². The first-order valence-electron chi connectivity index (χ1n) is 7.47. The van der Waals surface area contributed by atoms with E-state index in [1.807, 2.05) is 0 Å². The van der Waals surface area contributed by atoms with Crippen LogP contribution < -0.4 is 0 Å². The fourth-order valence-corrected chi connectivity index (χ4v) is 1.92. The molecule has 0 saturated carbocycles. The third kappa shape index (κ3) is 20.6. The number of aliphatic imine (C=N–C) groups is 1. The number of nitrogens with zero attached hydrogens (tertiary/aromatic N) is 1. The standard InChI is InChI=1S/C15H29NO2.Na.H/c1-2-3-4-5-6-7-8-9-10-11-13-16-14-12-15(17)18;;/h14H,2-13H2,1H3,(H,17,18);;. The van der Waals surface area contributed by atoms with Crippen LogP contribution in [0.25, 0.3) is 0 Å². The van der Waals surface area contributed by atoms with E-state index in [-0.39, 0.29) is 36.0 Å². The average molecular weight is 279 g/mol. The van der Waals surface area contributed by atoms with E-state index in [1.54, 1.807) is 0 Å². The molecular weight excluding hydrogens is 249 g/mol. The monoisotopic (exact) mass is 279 g/mol. The third-order valence-electron chi connectivity index (χ3n) is 3.04. The summed E-state index contributed by atoms with van der Waals surface area (Å²) in [4.78, 5) is 14.3. The molecule has 0 aliphatic carbocycles. The van der Waals surface area contributed by atoms with Crippen LogP contribution >= 0.6 is 0 Å². The molecule has 0 radical (unpaired) electrons.